The lowest BCUT2D eigenvalue weighted by atomic mass is 9.94. The third-order valence-corrected chi connectivity index (χ3v) is 4.11. The fraction of sp³-hybridized carbons (Fsp3) is 0.600. The Kier molecular flexibility index (Phi) is 4.91. The SMILES string of the molecule is CC(CN1CCCC1CO)C(N)c1ccccc1F. The minimum atomic E-state index is -0.304. The first-order valence-corrected chi connectivity index (χ1v) is 6.98. The number of rotatable bonds is 5. The molecule has 0 bridgehead atoms. The van der Waals surface area contributed by atoms with Gasteiger partial charge in [-0.1, -0.05) is 25.1 Å². The van der Waals surface area contributed by atoms with Crippen molar-refractivity contribution in [3.63, 3.8) is 0 Å². The van der Waals surface area contributed by atoms with E-state index >= 15 is 0 Å². The average Bonchev–Trinajstić information content (AvgIpc) is 2.85. The molecule has 1 heterocycles. The molecule has 1 aliphatic rings. The van der Waals surface area contributed by atoms with E-state index in [1.807, 2.05) is 13.0 Å². The highest BCUT2D eigenvalue weighted by molar-refractivity contribution is 5.21. The van der Waals surface area contributed by atoms with Crippen molar-refractivity contribution in [2.45, 2.75) is 31.8 Å². The molecule has 3 unspecified atom stereocenters. The van der Waals surface area contributed by atoms with Gasteiger partial charge in [0, 0.05) is 24.2 Å². The van der Waals surface area contributed by atoms with E-state index in [4.69, 9.17) is 5.73 Å². The van der Waals surface area contributed by atoms with Gasteiger partial charge < -0.3 is 10.8 Å². The maximum Gasteiger partial charge on any atom is 0.127 e. The van der Waals surface area contributed by atoms with Crippen molar-refractivity contribution in [3.8, 4) is 0 Å². The largest absolute Gasteiger partial charge is 0.395 e. The molecule has 1 fully saturated rings. The van der Waals surface area contributed by atoms with Crippen molar-refractivity contribution in [1.82, 2.24) is 4.90 Å². The number of benzene rings is 1. The van der Waals surface area contributed by atoms with Crippen LogP contribution in [-0.4, -0.2) is 35.7 Å². The summed E-state index contributed by atoms with van der Waals surface area (Å²) in [5, 5.41) is 9.32. The summed E-state index contributed by atoms with van der Waals surface area (Å²) in [5.74, 6) is -0.0777. The van der Waals surface area contributed by atoms with Crippen LogP contribution in [0.3, 0.4) is 0 Å². The van der Waals surface area contributed by atoms with Crippen LogP contribution in [0.5, 0.6) is 0 Å². The van der Waals surface area contributed by atoms with Gasteiger partial charge in [-0.25, -0.2) is 4.39 Å². The first-order valence-electron chi connectivity index (χ1n) is 6.98. The molecule has 1 aliphatic heterocycles. The second kappa shape index (κ2) is 6.46. The molecule has 1 aromatic carbocycles. The van der Waals surface area contributed by atoms with Gasteiger partial charge in [-0.05, 0) is 31.4 Å². The molecular formula is C15H23FN2O. The van der Waals surface area contributed by atoms with E-state index in [0.717, 1.165) is 25.9 Å². The van der Waals surface area contributed by atoms with E-state index in [0.29, 0.717) is 5.56 Å². The number of nitrogens with zero attached hydrogens (tertiary/aromatic N) is 1. The average molecular weight is 266 g/mol. The highest BCUT2D eigenvalue weighted by atomic mass is 19.1. The van der Waals surface area contributed by atoms with Gasteiger partial charge in [-0.3, -0.25) is 4.90 Å². The summed E-state index contributed by atoms with van der Waals surface area (Å²) in [6.07, 6.45) is 2.16. The highest BCUT2D eigenvalue weighted by Gasteiger charge is 2.27. The van der Waals surface area contributed by atoms with E-state index in [-0.39, 0.29) is 30.4 Å². The van der Waals surface area contributed by atoms with Gasteiger partial charge in [-0.15, -0.1) is 0 Å². The third-order valence-electron chi connectivity index (χ3n) is 4.11. The molecule has 3 atom stereocenters. The molecule has 2 rings (SSSR count). The highest BCUT2D eigenvalue weighted by Crippen LogP contribution is 2.25. The third kappa shape index (κ3) is 3.32. The summed E-state index contributed by atoms with van der Waals surface area (Å²) in [6, 6.07) is 6.64. The van der Waals surface area contributed by atoms with Crippen molar-refractivity contribution >= 4 is 0 Å². The topological polar surface area (TPSA) is 49.5 Å². The number of hydrogen-bond acceptors (Lipinski definition) is 3. The van der Waals surface area contributed by atoms with Crippen molar-refractivity contribution in [1.29, 1.82) is 0 Å². The molecule has 3 nitrogen and oxygen atoms in total. The Morgan fingerprint density at radius 1 is 1.47 bits per heavy atom. The summed E-state index contributed by atoms with van der Waals surface area (Å²) in [7, 11) is 0. The second-order valence-electron chi connectivity index (χ2n) is 5.50. The Morgan fingerprint density at radius 2 is 2.21 bits per heavy atom. The van der Waals surface area contributed by atoms with E-state index in [1.54, 1.807) is 12.1 Å². The van der Waals surface area contributed by atoms with Crippen molar-refractivity contribution in [3.05, 3.63) is 35.6 Å². The first kappa shape index (κ1) is 14.4. The van der Waals surface area contributed by atoms with Crippen molar-refractivity contribution in [2.75, 3.05) is 19.7 Å². The zero-order valence-corrected chi connectivity index (χ0v) is 11.4. The van der Waals surface area contributed by atoms with E-state index in [2.05, 4.69) is 4.90 Å². The molecule has 4 heteroatoms. The van der Waals surface area contributed by atoms with Crippen LogP contribution in [0.25, 0.3) is 0 Å². The number of aliphatic hydroxyl groups is 1. The minimum Gasteiger partial charge on any atom is -0.395 e. The van der Waals surface area contributed by atoms with Gasteiger partial charge >= 0.3 is 0 Å². The molecule has 1 aromatic rings. The zero-order valence-electron chi connectivity index (χ0n) is 11.4. The first-order chi connectivity index (χ1) is 9.13. The lowest BCUT2D eigenvalue weighted by molar-refractivity contribution is 0.139. The van der Waals surface area contributed by atoms with Crippen LogP contribution in [-0.2, 0) is 0 Å². The standard InChI is InChI=1S/C15H23FN2O/c1-11(9-18-8-4-5-12(18)10-19)15(17)13-6-2-3-7-14(13)16/h2-3,6-7,11-12,15,19H,4-5,8-10,17H2,1H3. The molecule has 106 valence electrons. The predicted molar refractivity (Wildman–Crippen MR) is 74.2 cm³/mol. The maximum atomic E-state index is 13.7. The van der Waals surface area contributed by atoms with Crippen molar-refractivity contribution in [2.24, 2.45) is 11.7 Å². The predicted octanol–water partition coefficient (Wildman–Crippen LogP) is 1.92. The second-order valence-corrected chi connectivity index (χ2v) is 5.50. The lowest BCUT2D eigenvalue weighted by Gasteiger charge is -2.29. The van der Waals surface area contributed by atoms with Crippen LogP contribution in [0.2, 0.25) is 0 Å². The molecule has 0 spiro atoms. The van der Waals surface area contributed by atoms with Crippen LogP contribution >= 0.6 is 0 Å². The monoisotopic (exact) mass is 266 g/mol. The smallest absolute Gasteiger partial charge is 0.127 e. The summed E-state index contributed by atoms with van der Waals surface area (Å²) in [5.41, 5.74) is 6.75. The number of aliphatic hydroxyl groups excluding tert-OH is 1. The lowest BCUT2D eigenvalue weighted by Crippen LogP contribution is -2.38. The fourth-order valence-electron chi connectivity index (χ4n) is 2.88. The fourth-order valence-corrected chi connectivity index (χ4v) is 2.88. The Balaban J connectivity index is 1.99. The molecule has 19 heavy (non-hydrogen) atoms. The molecule has 1 saturated heterocycles. The number of likely N-dealkylation sites (tertiary alicyclic amines) is 1. The van der Waals surface area contributed by atoms with Crippen LogP contribution in [0.15, 0.2) is 24.3 Å². The Labute approximate surface area is 114 Å². The minimum absolute atomic E-state index is 0.157. The molecular weight excluding hydrogens is 243 g/mol. The normalized spacial score (nSPS) is 23.5. The number of halogens is 1. The zero-order chi connectivity index (χ0) is 13.8. The van der Waals surface area contributed by atoms with Crippen LogP contribution < -0.4 is 5.73 Å². The van der Waals surface area contributed by atoms with E-state index < -0.39 is 0 Å². The van der Waals surface area contributed by atoms with Gasteiger partial charge in [0.25, 0.3) is 0 Å². The van der Waals surface area contributed by atoms with Crippen molar-refractivity contribution < 1.29 is 9.50 Å². The number of nitrogens with two attached hydrogens (primary N) is 1. The quantitative estimate of drug-likeness (QED) is 0.856. The van der Waals surface area contributed by atoms with E-state index in [1.165, 1.54) is 6.07 Å². The van der Waals surface area contributed by atoms with Gasteiger partial charge in [0.05, 0.1) is 6.61 Å². The summed E-state index contributed by atoms with van der Waals surface area (Å²) < 4.78 is 13.7. The molecule has 0 amide bonds. The Bertz CT molecular complexity index is 413. The maximum absolute atomic E-state index is 13.7. The molecule has 0 aromatic heterocycles. The summed E-state index contributed by atoms with van der Waals surface area (Å²) in [6.45, 7) is 4.05. The van der Waals surface area contributed by atoms with E-state index in [9.17, 15) is 9.50 Å². The van der Waals surface area contributed by atoms with Crippen LogP contribution in [0, 0.1) is 11.7 Å². The van der Waals surface area contributed by atoms with Crippen LogP contribution in [0.4, 0.5) is 4.39 Å². The molecule has 0 aliphatic carbocycles. The molecule has 0 saturated carbocycles. The molecule has 3 N–H and O–H groups in total. The molecule has 0 radical (unpaired) electrons. The Hall–Kier alpha value is -0.970. The summed E-state index contributed by atoms with van der Waals surface area (Å²) >= 11 is 0. The Morgan fingerprint density at radius 3 is 2.89 bits per heavy atom. The van der Waals surface area contributed by atoms with Gasteiger partial charge in [0.2, 0.25) is 0 Å². The van der Waals surface area contributed by atoms with Gasteiger partial charge in [-0.2, -0.15) is 0 Å². The summed E-state index contributed by atoms with van der Waals surface area (Å²) in [4.78, 5) is 2.27. The van der Waals surface area contributed by atoms with Crippen LogP contribution in [0.1, 0.15) is 31.4 Å². The van der Waals surface area contributed by atoms with Gasteiger partial charge in [0.1, 0.15) is 5.82 Å². The number of hydrogen-bond donors (Lipinski definition) is 2. The van der Waals surface area contributed by atoms with Gasteiger partial charge in [0.15, 0.2) is 0 Å².